The first-order chi connectivity index (χ1) is 9.76. The second-order valence-corrected chi connectivity index (χ2v) is 6.02. The zero-order valence-electron chi connectivity index (χ0n) is 14.2. The maximum atomic E-state index is 9.81. The summed E-state index contributed by atoms with van der Waals surface area (Å²) in [6, 6.07) is 3.40. The fraction of sp³-hybridized carbons (Fsp3) is 0.643. The molecule has 0 radical (unpaired) electrons. The number of halogens is 2. The van der Waals surface area contributed by atoms with Crippen molar-refractivity contribution >= 4 is 36.3 Å². The number of aliphatic hydroxyl groups excluding tert-OH is 1. The summed E-state index contributed by atoms with van der Waals surface area (Å²) < 4.78 is 5.39. The van der Waals surface area contributed by atoms with Gasteiger partial charge in [-0.1, -0.05) is 0 Å². The van der Waals surface area contributed by atoms with E-state index in [0.717, 1.165) is 5.71 Å². The molecule has 1 aromatic rings. The molecule has 0 bridgehead atoms. The van der Waals surface area contributed by atoms with Crippen molar-refractivity contribution in [3.8, 4) is 5.88 Å². The van der Waals surface area contributed by atoms with Gasteiger partial charge in [-0.3, -0.25) is 5.43 Å². The highest BCUT2D eigenvalue weighted by Gasteiger charge is 2.12. The summed E-state index contributed by atoms with van der Waals surface area (Å²) in [5, 5.41) is 24.9. The molecular formula is C14H27Cl2N5O2. The van der Waals surface area contributed by atoms with Gasteiger partial charge in [0.15, 0.2) is 5.82 Å². The Morgan fingerprint density at radius 1 is 1.26 bits per heavy atom. The number of hydrazone groups is 1. The molecule has 0 spiro atoms. The van der Waals surface area contributed by atoms with E-state index in [1.807, 2.05) is 34.6 Å². The van der Waals surface area contributed by atoms with Crippen LogP contribution in [0.2, 0.25) is 0 Å². The van der Waals surface area contributed by atoms with Crippen molar-refractivity contribution in [2.24, 2.45) is 5.10 Å². The third-order valence-corrected chi connectivity index (χ3v) is 2.33. The highest BCUT2D eigenvalue weighted by molar-refractivity contribution is 5.85. The standard InChI is InChI=1S/C14H25N5O2.2ClH/c1-10(2)16-17-12-6-7-13(19-18-12)21-9-11(20)8-15-14(3,4)5;;/h6-7,11,15,20H,8-9H2,1-5H3,(H,17,18);2*1H. The molecule has 23 heavy (non-hydrogen) atoms. The second-order valence-electron chi connectivity index (χ2n) is 6.02. The topological polar surface area (TPSA) is 91.7 Å². The van der Waals surface area contributed by atoms with Crippen molar-refractivity contribution in [3.05, 3.63) is 12.1 Å². The summed E-state index contributed by atoms with van der Waals surface area (Å²) in [4.78, 5) is 0. The Bertz CT molecular complexity index is 459. The van der Waals surface area contributed by atoms with Gasteiger partial charge in [-0.05, 0) is 40.7 Å². The minimum Gasteiger partial charge on any atom is -0.474 e. The lowest BCUT2D eigenvalue weighted by Gasteiger charge is -2.22. The second kappa shape index (κ2) is 11.4. The number of hydrogen-bond acceptors (Lipinski definition) is 7. The lowest BCUT2D eigenvalue weighted by Crippen LogP contribution is -2.42. The molecule has 0 aliphatic rings. The van der Waals surface area contributed by atoms with E-state index in [-0.39, 0.29) is 37.0 Å². The molecule has 1 rings (SSSR count). The van der Waals surface area contributed by atoms with Gasteiger partial charge < -0.3 is 15.2 Å². The fourth-order valence-corrected chi connectivity index (χ4v) is 1.29. The highest BCUT2D eigenvalue weighted by Crippen LogP contribution is 2.08. The first-order valence-corrected chi connectivity index (χ1v) is 6.93. The number of aromatic nitrogens is 2. The maximum Gasteiger partial charge on any atom is 0.233 e. The molecule has 1 unspecified atom stereocenters. The Labute approximate surface area is 150 Å². The van der Waals surface area contributed by atoms with Gasteiger partial charge in [0, 0.05) is 23.9 Å². The third kappa shape index (κ3) is 12.0. The summed E-state index contributed by atoms with van der Waals surface area (Å²) >= 11 is 0. The minimum absolute atomic E-state index is 0. The Hall–Kier alpha value is -1.15. The lowest BCUT2D eigenvalue weighted by molar-refractivity contribution is 0.0972. The van der Waals surface area contributed by atoms with Gasteiger partial charge in [0.05, 0.1) is 0 Å². The highest BCUT2D eigenvalue weighted by atomic mass is 35.5. The van der Waals surface area contributed by atoms with Crippen molar-refractivity contribution < 1.29 is 9.84 Å². The van der Waals surface area contributed by atoms with Crippen LogP contribution in [0.5, 0.6) is 5.88 Å². The van der Waals surface area contributed by atoms with Crippen LogP contribution in [-0.4, -0.2) is 45.8 Å². The van der Waals surface area contributed by atoms with Crippen LogP contribution in [0.3, 0.4) is 0 Å². The fourth-order valence-electron chi connectivity index (χ4n) is 1.29. The Balaban J connectivity index is 0. The molecule has 0 fully saturated rings. The van der Waals surface area contributed by atoms with Crippen LogP contribution in [0.25, 0.3) is 0 Å². The molecule has 1 atom stereocenters. The van der Waals surface area contributed by atoms with E-state index in [1.165, 1.54) is 0 Å². The van der Waals surface area contributed by atoms with Crippen LogP contribution in [-0.2, 0) is 0 Å². The summed E-state index contributed by atoms with van der Waals surface area (Å²) in [6.07, 6.45) is -0.601. The monoisotopic (exact) mass is 367 g/mol. The smallest absolute Gasteiger partial charge is 0.233 e. The van der Waals surface area contributed by atoms with Crippen LogP contribution in [0, 0.1) is 0 Å². The first-order valence-electron chi connectivity index (χ1n) is 6.93. The lowest BCUT2D eigenvalue weighted by atomic mass is 10.1. The van der Waals surface area contributed by atoms with Gasteiger partial charge in [-0.2, -0.15) is 5.10 Å². The number of nitrogens with zero attached hydrogens (tertiary/aromatic N) is 3. The van der Waals surface area contributed by atoms with E-state index in [9.17, 15) is 5.11 Å². The Morgan fingerprint density at radius 3 is 2.39 bits per heavy atom. The predicted molar refractivity (Wildman–Crippen MR) is 98.2 cm³/mol. The third-order valence-electron chi connectivity index (χ3n) is 2.33. The number of rotatable bonds is 7. The molecule has 0 aromatic carbocycles. The van der Waals surface area contributed by atoms with Gasteiger partial charge in [-0.15, -0.1) is 35.0 Å². The molecule has 0 aliphatic heterocycles. The minimum atomic E-state index is -0.601. The van der Waals surface area contributed by atoms with Crippen LogP contribution < -0.4 is 15.5 Å². The number of β-amino-alcohol motifs (C(OH)–C–C–N with tert-alkyl or cyclic N) is 1. The molecule has 3 N–H and O–H groups in total. The molecule has 0 amide bonds. The molecule has 134 valence electrons. The van der Waals surface area contributed by atoms with Gasteiger partial charge in [0.25, 0.3) is 0 Å². The van der Waals surface area contributed by atoms with Crippen LogP contribution >= 0.6 is 24.8 Å². The van der Waals surface area contributed by atoms with Gasteiger partial charge in [-0.25, -0.2) is 0 Å². The zero-order valence-corrected chi connectivity index (χ0v) is 15.8. The SMILES string of the molecule is CC(C)=NNc1ccc(OCC(O)CNC(C)(C)C)nn1.Cl.Cl. The molecular weight excluding hydrogens is 341 g/mol. The number of anilines is 1. The predicted octanol–water partition coefficient (Wildman–Crippen LogP) is 2.26. The first kappa shape index (κ1) is 24.1. The number of ether oxygens (including phenoxy) is 1. The van der Waals surface area contributed by atoms with E-state index < -0.39 is 6.10 Å². The molecule has 0 aliphatic carbocycles. The quantitative estimate of drug-likeness (QED) is 0.505. The number of nitrogens with one attached hydrogen (secondary N) is 2. The zero-order chi connectivity index (χ0) is 15.9. The van der Waals surface area contributed by atoms with Crippen LogP contribution in [0.15, 0.2) is 17.2 Å². The van der Waals surface area contributed by atoms with Crippen molar-refractivity contribution in [1.82, 2.24) is 15.5 Å². The summed E-state index contributed by atoms with van der Waals surface area (Å²) in [5.74, 6) is 0.908. The van der Waals surface area contributed by atoms with E-state index in [1.54, 1.807) is 12.1 Å². The summed E-state index contributed by atoms with van der Waals surface area (Å²) in [6.45, 7) is 10.5. The summed E-state index contributed by atoms with van der Waals surface area (Å²) in [7, 11) is 0. The van der Waals surface area contributed by atoms with Gasteiger partial charge in [0.2, 0.25) is 5.88 Å². The molecule has 1 aromatic heterocycles. The van der Waals surface area contributed by atoms with Gasteiger partial charge in [0.1, 0.15) is 12.7 Å². The molecule has 0 saturated carbocycles. The van der Waals surface area contributed by atoms with Crippen molar-refractivity contribution in [3.63, 3.8) is 0 Å². The number of aliphatic hydroxyl groups is 1. The Kier molecular flexibility index (Phi) is 11.9. The van der Waals surface area contributed by atoms with E-state index in [2.05, 4.69) is 26.0 Å². The van der Waals surface area contributed by atoms with Crippen LogP contribution in [0.4, 0.5) is 5.82 Å². The summed E-state index contributed by atoms with van der Waals surface area (Å²) in [5.41, 5.74) is 3.63. The maximum absolute atomic E-state index is 9.81. The average molecular weight is 368 g/mol. The van der Waals surface area contributed by atoms with Crippen molar-refractivity contribution in [2.45, 2.75) is 46.3 Å². The molecule has 7 nitrogen and oxygen atoms in total. The van der Waals surface area contributed by atoms with Gasteiger partial charge >= 0.3 is 0 Å². The van der Waals surface area contributed by atoms with Crippen LogP contribution in [0.1, 0.15) is 34.6 Å². The molecule has 9 heteroatoms. The van der Waals surface area contributed by atoms with E-state index in [0.29, 0.717) is 18.2 Å². The average Bonchev–Trinajstić information content (AvgIpc) is 2.41. The van der Waals surface area contributed by atoms with E-state index in [4.69, 9.17) is 4.74 Å². The largest absolute Gasteiger partial charge is 0.474 e. The number of hydrogen-bond donors (Lipinski definition) is 3. The van der Waals surface area contributed by atoms with Crippen molar-refractivity contribution in [2.75, 3.05) is 18.6 Å². The Morgan fingerprint density at radius 2 is 1.91 bits per heavy atom. The van der Waals surface area contributed by atoms with Crippen molar-refractivity contribution in [1.29, 1.82) is 0 Å². The molecule has 0 saturated heterocycles. The van der Waals surface area contributed by atoms with E-state index >= 15 is 0 Å². The molecule has 1 heterocycles. The normalized spacial score (nSPS) is 11.6.